The summed E-state index contributed by atoms with van der Waals surface area (Å²) in [5.41, 5.74) is 0. The van der Waals surface area contributed by atoms with Crippen molar-refractivity contribution < 1.29 is 9.47 Å². The highest BCUT2D eigenvalue weighted by Crippen LogP contribution is 2.22. The molecule has 0 amide bonds. The van der Waals surface area contributed by atoms with Gasteiger partial charge in [0, 0.05) is 32.6 Å². The molecule has 0 radical (unpaired) electrons. The number of hydrogen-bond donors (Lipinski definition) is 0. The van der Waals surface area contributed by atoms with Gasteiger partial charge in [-0.1, -0.05) is 0 Å². The summed E-state index contributed by atoms with van der Waals surface area (Å²) in [6.45, 7) is 1.81. The zero-order valence-electron chi connectivity index (χ0n) is 11.1. The van der Waals surface area contributed by atoms with Gasteiger partial charge < -0.3 is 14.4 Å². The summed E-state index contributed by atoms with van der Waals surface area (Å²) in [7, 11) is 3.63. The molecule has 1 aliphatic rings. The van der Waals surface area contributed by atoms with Crippen LogP contribution in [-0.2, 0) is 4.74 Å². The van der Waals surface area contributed by atoms with Gasteiger partial charge in [-0.2, -0.15) is 0 Å². The van der Waals surface area contributed by atoms with E-state index in [1.807, 2.05) is 7.05 Å². The molecule has 1 aromatic heterocycles. The van der Waals surface area contributed by atoms with Crippen molar-refractivity contribution >= 4 is 5.82 Å². The van der Waals surface area contributed by atoms with E-state index >= 15 is 0 Å². The van der Waals surface area contributed by atoms with Gasteiger partial charge in [-0.3, -0.25) is 0 Å². The molecule has 5 heteroatoms. The van der Waals surface area contributed by atoms with Crippen molar-refractivity contribution in [2.75, 3.05) is 32.2 Å². The molecule has 0 saturated carbocycles. The van der Waals surface area contributed by atoms with Crippen LogP contribution in [0.15, 0.2) is 12.4 Å². The Morgan fingerprint density at radius 3 is 2.94 bits per heavy atom. The SMILES string of the molecule is COc1nccnc1N(C)CC[C@H]1CCCCO1. The highest BCUT2D eigenvalue weighted by Gasteiger charge is 2.16. The molecule has 0 bridgehead atoms. The number of anilines is 1. The first-order valence-corrected chi connectivity index (χ1v) is 6.49. The van der Waals surface area contributed by atoms with E-state index in [1.54, 1.807) is 19.5 Å². The van der Waals surface area contributed by atoms with E-state index < -0.39 is 0 Å². The Bertz CT molecular complexity index is 367. The topological polar surface area (TPSA) is 47.5 Å². The summed E-state index contributed by atoms with van der Waals surface area (Å²) in [5, 5.41) is 0. The Balaban J connectivity index is 1.88. The molecule has 0 aliphatic carbocycles. The molecule has 0 aromatic carbocycles. The van der Waals surface area contributed by atoms with Crippen LogP contribution in [0.3, 0.4) is 0 Å². The predicted octanol–water partition coefficient (Wildman–Crippen LogP) is 1.88. The Labute approximate surface area is 108 Å². The maximum absolute atomic E-state index is 5.73. The van der Waals surface area contributed by atoms with Gasteiger partial charge >= 0.3 is 0 Å². The first-order chi connectivity index (χ1) is 8.81. The van der Waals surface area contributed by atoms with Gasteiger partial charge in [0.2, 0.25) is 0 Å². The van der Waals surface area contributed by atoms with E-state index in [0.29, 0.717) is 12.0 Å². The van der Waals surface area contributed by atoms with E-state index in [0.717, 1.165) is 25.4 Å². The Kier molecular flexibility index (Phi) is 4.75. The van der Waals surface area contributed by atoms with E-state index in [2.05, 4.69) is 14.9 Å². The highest BCUT2D eigenvalue weighted by atomic mass is 16.5. The third-order valence-corrected chi connectivity index (χ3v) is 3.26. The average molecular weight is 251 g/mol. The molecule has 1 aliphatic heterocycles. The second-order valence-electron chi connectivity index (χ2n) is 4.59. The van der Waals surface area contributed by atoms with E-state index in [1.165, 1.54) is 19.3 Å². The van der Waals surface area contributed by atoms with Crippen LogP contribution in [0.2, 0.25) is 0 Å². The Morgan fingerprint density at radius 1 is 1.39 bits per heavy atom. The smallest absolute Gasteiger partial charge is 0.257 e. The maximum Gasteiger partial charge on any atom is 0.257 e. The van der Waals surface area contributed by atoms with Crippen molar-refractivity contribution in [1.29, 1.82) is 0 Å². The van der Waals surface area contributed by atoms with Gasteiger partial charge in [0.1, 0.15) is 0 Å². The van der Waals surface area contributed by atoms with Gasteiger partial charge in [0.15, 0.2) is 5.82 Å². The monoisotopic (exact) mass is 251 g/mol. The molecule has 5 nitrogen and oxygen atoms in total. The molecule has 1 fully saturated rings. The van der Waals surface area contributed by atoms with Crippen LogP contribution < -0.4 is 9.64 Å². The Hall–Kier alpha value is -1.36. The number of ether oxygens (including phenoxy) is 2. The molecule has 100 valence electrons. The fraction of sp³-hybridized carbons (Fsp3) is 0.692. The zero-order chi connectivity index (χ0) is 12.8. The maximum atomic E-state index is 5.73. The number of nitrogens with zero attached hydrogens (tertiary/aromatic N) is 3. The molecule has 1 aromatic rings. The second-order valence-corrected chi connectivity index (χ2v) is 4.59. The van der Waals surface area contributed by atoms with E-state index in [4.69, 9.17) is 9.47 Å². The summed E-state index contributed by atoms with van der Waals surface area (Å²) in [6, 6.07) is 0. The number of rotatable bonds is 5. The van der Waals surface area contributed by atoms with Crippen molar-refractivity contribution in [3.05, 3.63) is 12.4 Å². The van der Waals surface area contributed by atoms with Gasteiger partial charge in [-0.25, -0.2) is 9.97 Å². The van der Waals surface area contributed by atoms with Crippen LogP contribution in [0.25, 0.3) is 0 Å². The summed E-state index contributed by atoms with van der Waals surface area (Å²) in [5.74, 6) is 1.36. The molecule has 1 atom stereocenters. The van der Waals surface area contributed by atoms with Crippen molar-refractivity contribution in [1.82, 2.24) is 9.97 Å². The number of methoxy groups -OCH3 is 1. The lowest BCUT2D eigenvalue weighted by Crippen LogP contribution is -2.27. The minimum Gasteiger partial charge on any atom is -0.478 e. The van der Waals surface area contributed by atoms with Crippen LogP contribution >= 0.6 is 0 Å². The van der Waals surface area contributed by atoms with Gasteiger partial charge in [0.25, 0.3) is 5.88 Å². The van der Waals surface area contributed by atoms with Crippen LogP contribution in [0, 0.1) is 0 Å². The molecule has 18 heavy (non-hydrogen) atoms. The van der Waals surface area contributed by atoms with Crippen molar-refractivity contribution in [3.8, 4) is 5.88 Å². The lowest BCUT2D eigenvalue weighted by atomic mass is 10.1. The predicted molar refractivity (Wildman–Crippen MR) is 70.1 cm³/mol. The summed E-state index contributed by atoms with van der Waals surface area (Å²) >= 11 is 0. The molecular weight excluding hydrogens is 230 g/mol. The normalized spacial score (nSPS) is 19.6. The molecule has 2 rings (SSSR count). The summed E-state index contributed by atoms with van der Waals surface area (Å²) < 4.78 is 10.9. The Morgan fingerprint density at radius 2 is 2.22 bits per heavy atom. The minimum atomic E-state index is 0.392. The lowest BCUT2D eigenvalue weighted by molar-refractivity contribution is 0.0126. The molecule has 0 spiro atoms. The van der Waals surface area contributed by atoms with Crippen molar-refractivity contribution in [2.45, 2.75) is 31.8 Å². The number of hydrogen-bond acceptors (Lipinski definition) is 5. The van der Waals surface area contributed by atoms with Gasteiger partial charge in [0.05, 0.1) is 13.2 Å². The number of aromatic nitrogens is 2. The quantitative estimate of drug-likeness (QED) is 0.799. The molecule has 1 saturated heterocycles. The molecule has 2 heterocycles. The van der Waals surface area contributed by atoms with E-state index in [-0.39, 0.29) is 0 Å². The van der Waals surface area contributed by atoms with Crippen molar-refractivity contribution in [2.24, 2.45) is 0 Å². The third kappa shape index (κ3) is 3.32. The summed E-state index contributed by atoms with van der Waals surface area (Å²) in [4.78, 5) is 10.5. The summed E-state index contributed by atoms with van der Waals surface area (Å²) in [6.07, 6.45) is 8.39. The molecular formula is C13H21N3O2. The molecule has 0 unspecified atom stereocenters. The lowest BCUT2D eigenvalue weighted by Gasteiger charge is -2.25. The minimum absolute atomic E-state index is 0.392. The first kappa shape index (κ1) is 13.1. The standard InChI is InChI=1S/C13H21N3O2/c1-16(9-6-11-5-3-4-10-18-11)12-13(17-2)15-8-7-14-12/h7-8,11H,3-6,9-10H2,1-2H3/t11-/m1/s1. The largest absolute Gasteiger partial charge is 0.478 e. The van der Waals surface area contributed by atoms with Crippen LogP contribution in [0.4, 0.5) is 5.82 Å². The fourth-order valence-electron chi connectivity index (χ4n) is 2.20. The average Bonchev–Trinajstić information content (AvgIpc) is 2.45. The van der Waals surface area contributed by atoms with Crippen LogP contribution in [0.1, 0.15) is 25.7 Å². The highest BCUT2D eigenvalue weighted by molar-refractivity contribution is 5.46. The van der Waals surface area contributed by atoms with Gasteiger partial charge in [-0.15, -0.1) is 0 Å². The first-order valence-electron chi connectivity index (χ1n) is 6.49. The van der Waals surface area contributed by atoms with Crippen LogP contribution in [-0.4, -0.2) is 43.4 Å². The fourth-order valence-corrected chi connectivity index (χ4v) is 2.20. The van der Waals surface area contributed by atoms with Gasteiger partial charge in [-0.05, 0) is 25.7 Å². The van der Waals surface area contributed by atoms with Crippen molar-refractivity contribution in [3.63, 3.8) is 0 Å². The third-order valence-electron chi connectivity index (χ3n) is 3.26. The zero-order valence-corrected chi connectivity index (χ0v) is 11.1. The second kappa shape index (κ2) is 6.54. The molecule has 0 N–H and O–H groups in total. The van der Waals surface area contributed by atoms with Crippen LogP contribution in [0.5, 0.6) is 5.88 Å². The van der Waals surface area contributed by atoms with E-state index in [9.17, 15) is 0 Å².